The number of hydrogen-bond donors (Lipinski definition) is 2. The molecule has 2 atom stereocenters. The highest BCUT2D eigenvalue weighted by molar-refractivity contribution is 5.87. The summed E-state index contributed by atoms with van der Waals surface area (Å²) in [6.07, 6.45) is -0.197. The standard InChI is InChI=1S/C17H24N2O4/c1-17(2,3)23-16(21)13(9-12-7-5-4-6-8-12)19-15(20)14-10-18-11-22-14/h4-8,13-14,18H,9-11H2,1-3H3,(H,19,20). The molecule has 2 rings (SSSR count). The minimum Gasteiger partial charge on any atom is -0.458 e. The fraction of sp³-hybridized carbons (Fsp3) is 0.529. The molecule has 0 bridgehead atoms. The molecule has 1 aliphatic heterocycles. The highest BCUT2D eigenvalue weighted by atomic mass is 16.6. The summed E-state index contributed by atoms with van der Waals surface area (Å²) >= 11 is 0. The first-order valence-corrected chi connectivity index (χ1v) is 7.74. The van der Waals surface area contributed by atoms with Gasteiger partial charge in [-0.05, 0) is 26.3 Å². The lowest BCUT2D eigenvalue weighted by Crippen LogP contribution is -2.49. The zero-order valence-corrected chi connectivity index (χ0v) is 13.8. The maximum Gasteiger partial charge on any atom is 0.329 e. The van der Waals surface area contributed by atoms with Crippen molar-refractivity contribution < 1.29 is 19.1 Å². The van der Waals surface area contributed by atoms with Crippen LogP contribution in [-0.2, 0) is 25.5 Å². The van der Waals surface area contributed by atoms with Crippen molar-refractivity contribution in [2.24, 2.45) is 0 Å². The maximum absolute atomic E-state index is 12.4. The van der Waals surface area contributed by atoms with Crippen LogP contribution in [0.3, 0.4) is 0 Å². The second-order valence-electron chi connectivity index (χ2n) is 6.54. The Morgan fingerprint density at radius 2 is 2.04 bits per heavy atom. The molecule has 1 fully saturated rings. The minimum atomic E-state index is -0.742. The normalized spacial score (nSPS) is 19.2. The van der Waals surface area contributed by atoms with E-state index in [0.29, 0.717) is 19.7 Å². The van der Waals surface area contributed by atoms with Gasteiger partial charge in [0.15, 0.2) is 0 Å². The van der Waals surface area contributed by atoms with E-state index in [9.17, 15) is 9.59 Å². The lowest BCUT2D eigenvalue weighted by molar-refractivity contribution is -0.159. The molecule has 6 heteroatoms. The highest BCUT2D eigenvalue weighted by Crippen LogP contribution is 2.12. The Balaban J connectivity index is 2.06. The Morgan fingerprint density at radius 3 is 2.61 bits per heavy atom. The predicted molar refractivity (Wildman–Crippen MR) is 85.7 cm³/mol. The minimum absolute atomic E-state index is 0.304. The van der Waals surface area contributed by atoms with Gasteiger partial charge < -0.3 is 14.8 Å². The summed E-state index contributed by atoms with van der Waals surface area (Å²) in [6.45, 7) is 6.19. The van der Waals surface area contributed by atoms with Crippen LogP contribution in [0.25, 0.3) is 0 Å². The van der Waals surface area contributed by atoms with Crippen molar-refractivity contribution in [2.45, 2.75) is 44.9 Å². The van der Waals surface area contributed by atoms with Crippen LogP contribution in [-0.4, -0.2) is 42.9 Å². The number of carbonyl (C=O) groups excluding carboxylic acids is 2. The average molecular weight is 320 g/mol. The SMILES string of the molecule is CC(C)(C)OC(=O)C(Cc1ccccc1)NC(=O)C1CNCO1. The van der Waals surface area contributed by atoms with Gasteiger partial charge in [-0.3, -0.25) is 10.1 Å². The summed E-state index contributed by atoms with van der Waals surface area (Å²) < 4.78 is 10.7. The van der Waals surface area contributed by atoms with Crippen molar-refractivity contribution in [1.29, 1.82) is 0 Å². The molecular weight excluding hydrogens is 296 g/mol. The third-order valence-corrected chi connectivity index (χ3v) is 3.30. The molecule has 1 aliphatic rings. The Hall–Kier alpha value is -1.92. The van der Waals surface area contributed by atoms with Crippen molar-refractivity contribution in [1.82, 2.24) is 10.6 Å². The van der Waals surface area contributed by atoms with Crippen molar-refractivity contribution >= 4 is 11.9 Å². The monoisotopic (exact) mass is 320 g/mol. The summed E-state index contributed by atoms with van der Waals surface area (Å²) in [5.74, 6) is -0.748. The number of rotatable bonds is 5. The number of benzene rings is 1. The van der Waals surface area contributed by atoms with Crippen LogP contribution in [0.15, 0.2) is 30.3 Å². The van der Waals surface area contributed by atoms with E-state index in [2.05, 4.69) is 10.6 Å². The fourth-order valence-corrected chi connectivity index (χ4v) is 2.26. The molecule has 0 aliphatic carbocycles. The van der Waals surface area contributed by atoms with Gasteiger partial charge in [-0.25, -0.2) is 4.79 Å². The van der Waals surface area contributed by atoms with Crippen LogP contribution in [0.5, 0.6) is 0 Å². The van der Waals surface area contributed by atoms with Crippen molar-refractivity contribution in [3.63, 3.8) is 0 Å². The van der Waals surface area contributed by atoms with E-state index >= 15 is 0 Å². The first-order valence-electron chi connectivity index (χ1n) is 7.74. The molecule has 0 aromatic heterocycles. The number of hydrogen-bond acceptors (Lipinski definition) is 5. The van der Waals surface area contributed by atoms with Crippen LogP contribution in [0.4, 0.5) is 0 Å². The number of nitrogens with one attached hydrogen (secondary N) is 2. The third-order valence-electron chi connectivity index (χ3n) is 3.30. The largest absolute Gasteiger partial charge is 0.458 e. The average Bonchev–Trinajstić information content (AvgIpc) is 3.00. The second kappa shape index (κ2) is 7.57. The van der Waals surface area contributed by atoms with Gasteiger partial charge >= 0.3 is 5.97 Å². The van der Waals surface area contributed by atoms with Crippen LogP contribution in [0.2, 0.25) is 0 Å². The third kappa shape index (κ3) is 5.65. The molecule has 1 aromatic rings. The van der Waals surface area contributed by atoms with E-state index in [0.717, 1.165) is 5.56 Å². The van der Waals surface area contributed by atoms with Crippen LogP contribution in [0.1, 0.15) is 26.3 Å². The van der Waals surface area contributed by atoms with Gasteiger partial charge in [0.25, 0.3) is 5.91 Å². The molecule has 1 aromatic carbocycles. The van der Waals surface area contributed by atoms with Gasteiger partial charge in [0.05, 0.1) is 6.73 Å². The van der Waals surface area contributed by atoms with Crippen LogP contribution >= 0.6 is 0 Å². The molecule has 23 heavy (non-hydrogen) atoms. The van der Waals surface area contributed by atoms with Crippen LogP contribution < -0.4 is 10.6 Å². The first kappa shape index (κ1) is 17.4. The summed E-state index contributed by atoms with van der Waals surface area (Å²) in [6, 6.07) is 8.78. The number of ether oxygens (including phenoxy) is 2. The predicted octanol–water partition coefficient (Wildman–Crippen LogP) is 1.00. The zero-order chi connectivity index (χ0) is 16.9. The smallest absolute Gasteiger partial charge is 0.329 e. The quantitative estimate of drug-likeness (QED) is 0.792. The molecule has 0 spiro atoms. The van der Waals surface area contributed by atoms with Crippen molar-refractivity contribution in [2.75, 3.05) is 13.3 Å². The molecule has 6 nitrogen and oxygen atoms in total. The lowest BCUT2D eigenvalue weighted by atomic mass is 10.1. The Morgan fingerprint density at radius 1 is 1.35 bits per heavy atom. The Labute approximate surface area is 136 Å². The van der Waals surface area contributed by atoms with E-state index in [4.69, 9.17) is 9.47 Å². The molecule has 126 valence electrons. The Bertz CT molecular complexity index is 533. The van der Waals surface area contributed by atoms with E-state index in [1.165, 1.54) is 0 Å². The second-order valence-corrected chi connectivity index (χ2v) is 6.54. The maximum atomic E-state index is 12.4. The van der Waals surface area contributed by atoms with Crippen molar-refractivity contribution in [3.8, 4) is 0 Å². The topological polar surface area (TPSA) is 76.7 Å². The van der Waals surface area contributed by atoms with E-state index < -0.39 is 23.7 Å². The Kier molecular flexibility index (Phi) is 5.74. The molecule has 1 heterocycles. The van der Waals surface area contributed by atoms with Crippen molar-refractivity contribution in [3.05, 3.63) is 35.9 Å². The molecule has 1 saturated heterocycles. The summed E-state index contributed by atoms with van der Waals surface area (Å²) in [5, 5.41) is 5.70. The van der Waals surface area contributed by atoms with Gasteiger partial charge in [0.2, 0.25) is 0 Å². The molecule has 2 N–H and O–H groups in total. The molecule has 0 radical (unpaired) electrons. The summed E-state index contributed by atoms with van der Waals surface area (Å²) in [7, 11) is 0. The zero-order valence-electron chi connectivity index (χ0n) is 13.8. The molecular formula is C17H24N2O4. The highest BCUT2D eigenvalue weighted by Gasteiger charge is 2.31. The van der Waals surface area contributed by atoms with Gasteiger partial charge in [-0.1, -0.05) is 30.3 Å². The van der Waals surface area contributed by atoms with Gasteiger partial charge in [0.1, 0.15) is 17.7 Å². The van der Waals surface area contributed by atoms with Crippen LogP contribution in [0, 0.1) is 0 Å². The van der Waals surface area contributed by atoms with Gasteiger partial charge in [0, 0.05) is 13.0 Å². The summed E-state index contributed by atoms with van der Waals surface area (Å²) in [5.41, 5.74) is 0.344. The number of amides is 1. The van der Waals surface area contributed by atoms with Gasteiger partial charge in [-0.15, -0.1) is 0 Å². The van der Waals surface area contributed by atoms with Gasteiger partial charge in [-0.2, -0.15) is 0 Å². The van der Waals surface area contributed by atoms with E-state index in [-0.39, 0.29) is 5.91 Å². The lowest BCUT2D eigenvalue weighted by Gasteiger charge is -2.25. The number of carbonyl (C=O) groups is 2. The fourth-order valence-electron chi connectivity index (χ4n) is 2.26. The summed E-state index contributed by atoms with van der Waals surface area (Å²) in [4.78, 5) is 24.7. The number of esters is 1. The van der Waals surface area contributed by atoms with E-state index in [1.807, 2.05) is 30.3 Å². The molecule has 0 saturated carbocycles. The molecule has 2 unspecified atom stereocenters. The first-order chi connectivity index (χ1) is 10.8. The molecule has 1 amide bonds. The van der Waals surface area contributed by atoms with E-state index in [1.54, 1.807) is 20.8 Å².